The molecule has 0 bridgehead atoms. The molecular formula is C21H34. The van der Waals surface area contributed by atoms with Crippen LogP contribution in [0.1, 0.15) is 71.1 Å². The fraction of sp³-hybridized carbons (Fsp3) is 0.524. The van der Waals surface area contributed by atoms with E-state index in [0.717, 1.165) is 25.7 Å². The van der Waals surface area contributed by atoms with Crippen LogP contribution < -0.4 is 0 Å². The van der Waals surface area contributed by atoms with Gasteiger partial charge in [0.2, 0.25) is 0 Å². The van der Waals surface area contributed by atoms with Gasteiger partial charge in [-0.2, -0.15) is 0 Å². The lowest BCUT2D eigenvalue weighted by Crippen LogP contribution is -1.70. The fourth-order valence-electron chi connectivity index (χ4n) is 1.94. The molecule has 0 fully saturated rings. The standard InChI is InChI=1S/C21H34/c1-3-5-7-9-11-13-15-17-19-21-20-18-16-14-12-10-8-6-4-2/h3,11-14,17-20H,1,4-10,15-16,21H2,2H3/b13-11-,14-12-,19-17-,20-18-. The Hall–Kier alpha value is -1.30. The topological polar surface area (TPSA) is 0 Å². The highest BCUT2D eigenvalue weighted by Gasteiger charge is 1.81. The van der Waals surface area contributed by atoms with Gasteiger partial charge in [-0.25, -0.2) is 0 Å². The lowest BCUT2D eigenvalue weighted by atomic mass is 10.2. The molecule has 0 aliphatic carbocycles. The van der Waals surface area contributed by atoms with Crippen molar-refractivity contribution in [3.05, 3.63) is 61.3 Å². The molecule has 21 heavy (non-hydrogen) atoms. The first-order chi connectivity index (χ1) is 10.4. The van der Waals surface area contributed by atoms with Crippen LogP contribution in [0.15, 0.2) is 61.3 Å². The minimum Gasteiger partial charge on any atom is -0.103 e. The maximum atomic E-state index is 3.73. The average molecular weight is 287 g/mol. The van der Waals surface area contributed by atoms with E-state index in [4.69, 9.17) is 0 Å². The summed E-state index contributed by atoms with van der Waals surface area (Å²) in [5.41, 5.74) is 0. The van der Waals surface area contributed by atoms with E-state index in [1.807, 2.05) is 6.08 Å². The van der Waals surface area contributed by atoms with Crippen molar-refractivity contribution >= 4 is 0 Å². The highest BCUT2D eigenvalue weighted by atomic mass is 13.9. The maximum absolute atomic E-state index is 3.73. The Labute approximate surface area is 133 Å². The monoisotopic (exact) mass is 286 g/mol. The second-order valence-electron chi connectivity index (χ2n) is 5.31. The number of allylic oxidation sites excluding steroid dienone is 9. The second-order valence-corrected chi connectivity index (χ2v) is 5.31. The van der Waals surface area contributed by atoms with E-state index in [1.54, 1.807) is 0 Å². The molecule has 0 aliphatic rings. The molecule has 0 heteroatoms. The molecule has 0 spiro atoms. The first kappa shape index (κ1) is 19.7. The summed E-state index contributed by atoms with van der Waals surface area (Å²) >= 11 is 0. The summed E-state index contributed by atoms with van der Waals surface area (Å²) in [7, 11) is 0. The summed E-state index contributed by atoms with van der Waals surface area (Å²) in [6, 6.07) is 0. The first-order valence-corrected chi connectivity index (χ1v) is 8.62. The van der Waals surface area contributed by atoms with E-state index in [9.17, 15) is 0 Å². The van der Waals surface area contributed by atoms with E-state index in [0.29, 0.717) is 0 Å². The van der Waals surface area contributed by atoms with Crippen molar-refractivity contribution in [2.75, 3.05) is 0 Å². The summed E-state index contributed by atoms with van der Waals surface area (Å²) in [5.74, 6) is 0. The van der Waals surface area contributed by atoms with Crippen molar-refractivity contribution in [1.82, 2.24) is 0 Å². The van der Waals surface area contributed by atoms with Crippen LogP contribution in [0.25, 0.3) is 0 Å². The molecule has 118 valence electrons. The van der Waals surface area contributed by atoms with Gasteiger partial charge in [0, 0.05) is 0 Å². The minimum absolute atomic E-state index is 1.05. The predicted molar refractivity (Wildman–Crippen MR) is 98.6 cm³/mol. The van der Waals surface area contributed by atoms with Crippen LogP contribution in [0.2, 0.25) is 0 Å². The van der Waals surface area contributed by atoms with Gasteiger partial charge in [-0.1, -0.05) is 74.4 Å². The van der Waals surface area contributed by atoms with Crippen molar-refractivity contribution in [2.24, 2.45) is 0 Å². The highest BCUT2D eigenvalue weighted by molar-refractivity contribution is 4.99. The van der Waals surface area contributed by atoms with Gasteiger partial charge in [0.1, 0.15) is 0 Å². The van der Waals surface area contributed by atoms with Gasteiger partial charge in [-0.3, -0.25) is 0 Å². The van der Waals surface area contributed by atoms with Crippen molar-refractivity contribution in [2.45, 2.75) is 71.1 Å². The zero-order valence-corrected chi connectivity index (χ0v) is 14.0. The molecule has 0 aromatic rings. The molecule has 0 saturated carbocycles. The lowest BCUT2D eigenvalue weighted by molar-refractivity contribution is 0.728. The normalized spacial score (nSPS) is 12.4. The van der Waals surface area contributed by atoms with Gasteiger partial charge < -0.3 is 0 Å². The Balaban J connectivity index is 3.37. The summed E-state index contributed by atoms with van der Waals surface area (Å²) in [5, 5.41) is 0. The predicted octanol–water partition coefficient (Wildman–Crippen LogP) is 7.32. The van der Waals surface area contributed by atoms with E-state index in [-0.39, 0.29) is 0 Å². The van der Waals surface area contributed by atoms with Crippen molar-refractivity contribution < 1.29 is 0 Å². The summed E-state index contributed by atoms with van der Waals surface area (Å²) < 4.78 is 0. The Morgan fingerprint density at radius 2 is 1.05 bits per heavy atom. The zero-order valence-electron chi connectivity index (χ0n) is 14.0. The molecule has 0 heterocycles. The molecule has 0 atom stereocenters. The minimum atomic E-state index is 1.05. The smallest absolute Gasteiger partial charge is 0.0169 e. The Morgan fingerprint density at radius 1 is 0.571 bits per heavy atom. The third kappa shape index (κ3) is 18.7. The Bertz CT molecular complexity index is 315. The van der Waals surface area contributed by atoms with Crippen LogP contribution in [0.3, 0.4) is 0 Å². The van der Waals surface area contributed by atoms with Crippen LogP contribution in [0.4, 0.5) is 0 Å². The molecule has 0 aromatic heterocycles. The lowest BCUT2D eigenvalue weighted by Gasteiger charge is -1.90. The SMILES string of the molecule is C=CCCC/C=C\C/C=C\C/C=C\C/C=C\CCCCC. The summed E-state index contributed by atoms with van der Waals surface area (Å²) in [6.45, 7) is 5.97. The average Bonchev–Trinajstić information content (AvgIpc) is 2.50. The van der Waals surface area contributed by atoms with Gasteiger partial charge in [-0.15, -0.1) is 6.58 Å². The van der Waals surface area contributed by atoms with Gasteiger partial charge in [0.15, 0.2) is 0 Å². The molecule has 0 rings (SSSR count). The number of hydrogen-bond donors (Lipinski definition) is 0. The van der Waals surface area contributed by atoms with Gasteiger partial charge in [0.25, 0.3) is 0 Å². The number of rotatable bonds is 14. The van der Waals surface area contributed by atoms with Crippen LogP contribution in [-0.4, -0.2) is 0 Å². The Morgan fingerprint density at radius 3 is 1.52 bits per heavy atom. The molecule has 0 unspecified atom stereocenters. The molecule has 0 aliphatic heterocycles. The van der Waals surface area contributed by atoms with Crippen molar-refractivity contribution in [1.29, 1.82) is 0 Å². The van der Waals surface area contributed by atoms with Crippen molar-refractivity contribution in [3.63, 3.8) is 0 Å². The van der Waals surface area contributed by atoms with Gasteiger partial charge >= 0.3 is 0 Å². The summed E-state index contributed by atoms with van der Waals surface area (Å²) in [4.78, 5) is 0. The fourth-order valence-corrected chi connectivity index (χ4v) is 1.94. The van der Waals surface area contributed by atoms with E-state index < -0.39 is 0 Å². The van der Waals surface area contributed by atoms with Crippen LogP contribution in [0, 0.1) is 0 Å². The second kappa shape index (κ2) is 18.7. The van der Waals surface area contributed by atoms with Gasteiger partial charge in [0.05, 0.1) is 0 Å². The van der Waals surface area contributed by atoms with Crippen molar-refractivity contribution in [3.8, 4) is 0 Å². The first-order valence-electron chi connectivity index (χ1n) is 8.62. The Kier molecular flexibility index (Phi) is 17.5. The zero-order chi connectivity index (χ0) is 15.4. The largest absolute Gasteiger partial charge is 0.103 e. The maximum Gasteiger partial charge on any atom is -0.0169 e. The van der Waals surface area contributed by atoms with Gasteiger partial charge in [-0.05, 0) is 51.4 Å². The molecular weight excluding hydrogens is 252 g/mol. The number of hydrogen-bond acceptors (Lipinski definition) is 0. The third-order valence-electron chi connectivity index (χ3n) is 3.24. The molecule has 0 amide bonds. The van der Waals surface area contributed by atoms with Crippen LogP contribution in [0.5, 0.6) is 0 Å². The van der Waals surface area contributed by atoms with Crippen LogP contribution in [-0.2, 0) is 0 Å². The summed E-state index contributed by atoms with van der Waals surface area (Å²) in [6.07, 6.45) is 32.0. The van der Waals surface area contributed by atoms with Crippen LogP contribution >= 0.6 is 0 Å². The van der Waals surface area contributed by atoms with E-state index in [1.165, 1.54) is 38.5 Å². The molecule has 0 saturated heterocycles. The molecule has 0 nitrogen and oxygen atoms in total. The van der Waals surface area contributed by atoms with E-state index >= 15 is 0 Å². The number of unbranched alkanes of at least 4 members (excludes halogenated alkanes) is 5. The third-order valence-corrected chi connectivity index (χ3v) is 3.24. The molecule has 0 aromatic carbocycles. The molecule has 0 N–H and O–H groups in total. The quantitative estimate of drug-likeness (QED) is 0.232. The van der Waals surface area contributed by atoms with E-state index in [2.05, 4.69) is 62.1 Å². The highest BCUT2D eigenvalue weighted by Crippen LogP contribution is 2.01. The molecule has 0 radical (unpaired) electrons.